The molecule has 3 nitrogen and oxygen atoms in total. The molecule has 84 valence electrons. The van der Waals surface area contributed by atoms with Crippen molar-refractivity contribution in [3.05, 3.63) is 47.5 Å². The molecule has 1 aromatic carbocycles. The van der Waals surface area contributed by atoms with Gasteiger partial charge in [-0.3, -0.25) is 9.63 Å². The van der Waals surface area contributed by atoms with Gasteiger partial charge in [-0.15, -0.1) is 0 Å². The van der Waals surface area contributed by atoms with Gasteiger partial charge >= 0.3 is 5.37 Å². The van der Waals surface area contributed by atoms with Crippen molar-refractivity contribution in [2.24, 2.45) is 0 Å². The Balaban J connectivity index is 1.96. The average Bonchev–Trinajstić information content (AvgIpc) is 2.31. The van der Waals surface area contributed by atoms with Crippen molar-refractivity contribution in [2.75, 3.05) is 13.2 Å². The van der Waals surface area contributed by atoms with E-state index in [0.29, 0.717) is 13.2 Å². The van der Waals surface area contributed by atoms with Crippen LogP contribution in [-0.4, -0.2) is 23.6 Å². The molecular weight excluding hydrogens is 226 g/mol. The third kappa shape index (κ3) is 2.84. The van der Waals surface area contributed by atoms with Crippen LogP contribution in [0.5, 0.6) is 0 Å². The summed E-state index contributed by atoms with van der Waals surface area (Å²) in [5, 5.41) is 0.575. The fraction of sp³-hybridized carbons (Fsp3) is 0.250. The Hall–Kier alpha value is -1.32. The maximum absolute atomic E-state index is 10.8. The number of nitrogens with zero attached hydrogens (tertiary/aromatic N) is 1. The maximum atomic E-state index is 10.8. The van der Waals surface area contributed by atoms with E-state index in [1.54, 1.807) is 0 Å². The molecule has 1 aromatic rings. The quantitative estimate of drug-likeness (QED) is 0.450. The summed E-state index contributed by atoms with van der Waals surface area (Å²) in [5.41, 5.74) is 2.41. The minimum absolute atomic E-state index is 0.421. The summed E-state index contributed by atoms with van der Waals surface area (Å²) in [6, 6.07) is 10.1. The van der Waals surface area contributed by atoms with Crippen LogP contribution in [0.25, 0.3) is 0 Å². The van der Waals surface area contributed by atoms with E-state index in [1.165, 1.54) is 11.1 Å². The van der Waals surface area contributed by atoms with E-state index in [0.717, 1.165) is 11.5 Å². The lowest BCUT2D eigenvalue weighted by atomic mass is 10.1. The summed E-state index contributed by atoms with van der Waals surface area (Å²) in [6.45, 7) is 0.845. The Labute approximate surface area is 99.2 Å². The molecular formula is C12H12ClNO2. The monoisotopic (exact) mass is 237 g/mol. The average molecular weight is 238 g/mol. The highest BCUT2D eigenvalue weighted by atomic mass is 35.5. The van der Waals surface area contributed by atoms with Gasteiger partial charge in [0.2, 0.25) is 0 Å². The number of halogens is 1. The zero-order chi connectivity index (χ0) is 11.4. The molecule has 1 amide bonds. The molecule has 0 saturated carbocycles. The van der Waals surface area contributed by atoms with Crippen LogP contribution in [0.3, 0.4) is 0 Å². The van der Waals surface area contributed by atoms with Crippen molar-refractivity contribution >= 4 is 17.0 Å². The van der Waals surface area contributed by atoms with Crippen LogP contribution in [0.2, 0.25) is 0 Å². The summed E-state index contributed by atoms with van der Waals surface area (Å²) < 4.78 is 0. The largest absolute Gasteiger partial charge is 0.340 e. The summed E-state index contributed by atoms with van der Waals surface area (Å²) >= 11 is 5.30. The summed E-state index contributed by atoms with van der Waals surface area (Å²) in [7, 11) is 0. The van der Waals surface area contributed by atoms with Crippen molar-refractivity contribution in [1.29, 1.82) is 0 Å². The molecule has 1 aliphatic rings. The van der Waals surface area contributed by atoms with Crippen molar-refractivity contribution in [3.8, 4) is 0 Å². The SMILES string of the molecule is O=C(Cl)N1CC=C(Cc2ccccc2)CO1. The molecule has 4 heteroatoms. The van der Waals surface area contributed by atoms with Gasteiger partial charge in [0.15, 0.2) is 0 Å². The molecule has 0 radical (unpaired) electrons. The number of amides is 1. The Morgan fingerprint density at radius 1 is 1.38 bits per heavy atom. The number of benzene rings is 1. The van der Waals surface area contributed by atoms with Crippen LogP contribution in [0.4, 0.5) is 4.79 Å². The lowest BCUT2D eigenvalue weighted by molar-refractivity contribution is -0.0994. The van der Waals surface area contributed by atoms with E-state index in [4.69, 9.17) is 16.4 Å². The first-order valence-electron chi connectivity index (χ1n) is 5.07. The minimum Gasteiger partial charge on any atom is -0.265 e. The zero-order valence-electron chi connectivity index (χ0n) is 8.73. The molecule has 0 aromatic heterocycles. The second-order valence-electron chi connectivity index (χ2n) is 3.61. The van der Waals surface area contributed by atoms with E-state index in [-0.39, 0.29) is 0 Å². The highest BCUT2D eigenvalue weighted by Gasteiger charge is 2.16. The summed E-state index contributed by atoms with van der Waals surface area (Å²) in [6.07, 6.45) is 2.84. The van der Waals surface area contributed by atoms with Crippen molar-refractivity contribution in [2.45, 2.75) is 6.42 Å². The number of hydrogen-bond donors (Lipinski definition) is 0. The van der Waals surface area contributed by atoms with Gasteiger partial charge in [0.05, 0.1) is 13.2 Å². The molecule has 0 fully saturated rings. The molecule has 0 atom stereocenters. The molecule has 1 aliphatic heterocycles. The van der Waals surface area contributed by atoms with E-state index in [2.05, 4.69) is 12.1 Å². The Morgan fingerprint density at radius 2 is 2.12 bits per heavy atom. The van der Waals surface area contributed by atoms with Crippen LogP contribution >= 0.6 is 11.6 Å². The predicted molar refractivity (Wildman–Crippen MR) is 62.1 cm³/mol. The smallest absolute Gasteiger partial charge is 0.265 e. The molecule has 16 heavy (non-hydrogen) atoms. The maximum Gasteiger partial charge on any atom is 0.340 e. The van der Waals surface area contributed by atoms with Crippen molar-refractivity contribution in [1.82, 2.24) is 5.06 Å². The van der Waals surface area contributed by atoms with Crippen molar-refractivity contribution in [3.63, 3.8) is 0 Å². The topological polar surface area (TPSA) is 29.5 Å². The third-order valence-corrected chi connectivity index (χ3v) is 2.61. The molecule has 0 N–H and O–H groups in total. The number of rotatable bonds is 2. The van der Waals surface area contributed by atoms with Gasteiger partial charge in [0.1, 0.15) is 0 Å². The lowest BCUT2D eigenvalue weighted by Gasteiger charge is -2.23. The van der Waals surface area contributed by atoms with Gasteiger partial charge in [-0.2, -0.15) is 0 Å². The van der Waals surface area contributed by atoms with Crippen LogP contribution < -0.4 is 0 Å². The first kappa shape index (κ1) is 11.2. The molecule has 2 rings (SSSR count). The van der Waals surface area contributed by atoms with Gasteiger partial charge < -0.3 is 0 Å². The second-order valence-corrected chi connectivity index (χ2v) is 3.94. The Bertz CT molecular complexity index is 403. The van der Waals surface area contributed by atoms with Crippen molar-refractivity contribution < 1.29 is 9.63 Å². The zero-order valence-corrected chi connectivity index (χ0v) is 9.48. The van der Waals surface area contributed by atoms with E-state index in [9.17, 15) is 4.79 Å². The number of hydroxylamine groups is 2. The standard InChI is InChI=1S/C12H12ClNO2/c13-12(15)14-7-6-11(9-16-14)8-10-4-2-1-3-5-10/h1-6H,7-9H2. The fourth-order valence-electron chi connectivity index (χ4n) is 1.59. The molecule has 0 saturated heterocycles. The van der Waals surface area contributed by atoms with Crippen LogP contribution in [0, 0.1) is 0 Å². The van der Waals surface area contributed by atoms with Gasteiger partial charge in [-0.05, 0) is 29.2 Å². The number of carbonyl (C=O) groups is 1. The van der Waals surface area contributed by atoms with Gasteiger partial charge in [0, 0.05) is 0 Å². The Morgan fingerprint density at radius 3 is 2.69 bits per heavy atom. The molecule has 0 aliphatic carbocycles. The molecule has 0 spiro atoms. The van der Waals surface area contributed by atoms with Gasteiger partial charge in [0.25, 0.3) is 0 Å². The van der Waals surface area contributed by atoms with Crippen LogP contribution in [-0.2, 0) is 11.3 Å². The van der Waals surface area contributed by atoms with Crippen LogP contribution in [0.15, 0.2) is 42.0 Å². The highest BCUT2D eigenvalue weighted by molar-refractivity contribution is 6.62. The highest BCUT2D eigenvalue weighted by Crippen LogP contribution is 2.14. The Kier molecular flexibility index (Phi) is 3.59. The van der Waals surface area contributed by atoms with Gasteiger partial charge in [-0.1, -0.05) is 36.4 Å². The first-order valence-corrected chi connectivity index (χ1v) is 5.45. The molecule has 0 unspecified atom stereocenters. The normalized spacial score (nSPS) is 15.8. The number of carbonyl (C=O) groups excluding carboxylic acids is 1. The summed E-state index contributed by atoms with van der Waals surface area (Å²) in [5.74, 6) is 0. The molecule has 0 bridgehead atoms. The first-order chi connectivity index (χ1) is 7.75. The van der Waals surface area contributed by atoms with E-state index >= 15 is 0 Å². The van der Waals surface area contributed by atoms with Crippen LogP contribution in [0.1, 0.15) is 5.56 Å². The minimum atomic E-state index is -0.574. The lowest BCUT2D eigenvalue weighted by Crippen LogP contribution is -2.31. The third-order valence-electron chi connectivity index (χ3n) is 2.42. The van der Waals surface area contributed by atoms with E-state index in [1.807, 2.05) is 24.3 Å². The second kappa shape index (κ2) is 5.14. The number of hydrogen-bond acceptors (Lipinski definition) is 2. The molecule has 1 heterocycles. The fourth-order valence-corrected chi connectivity index (χ4v) is 1.71. The summed E-state index contributed by atoms with van der Waals surface area (Å²) in [4.78, 5) is 16.0. The van der Waals surface area contributed by atoms with E-state index < -0.39 is 5.37 Å². The van der Waals surface area contributed by atoms with Gasteiger partial charge in [-0.25, -0.2) is 5.06 Å². The predicted octanol–water partition coefficient (Wildman–Crippen LogP) is 2.76.